The first-order chi connectivity index (χ1) is 27.2. The van der Waals surface area contributed by atoms with E-state index in [-0.39, 0.29) is 5.41 Å². The Labute approximate surface area is 333 Å². The van der Waals surface area contributed by atoms with Crippen LogP contribution in [0.25, 0.3) is 60.9 Å². The van der Waals surface area contributed by atoms with Gasteiger partial charge in [0.15, 0.2) is 0 Å². The Morgan fingerprint density at radius 3 is 1.82 bits per heavy atom. The number of hydrogen-bond acceptors (Lipinski definition) is 0. The van der Waals surface area contributed by atoms with Crippen molar-refractivity contribution >= 4 is 21.8 Å². The highest BCUT2D eigenvalue weighted by molar-refractivity contribution is 6.10. The SMILES string of the molecule is CC1=CCC(C)C=C1.Cc1ccc(-c2ccc3c(c2)c2ccccc2n3-c2ccc(-c3ccccc3)cc2)cc1.Cc1ccc2c(c1)C(C)(C)c1ccccc1-2. The molecule has 0 aliphatic heterocycles. The predicted octanol–water partition coefficient (Wildman–Crippen LogP) is 15.3. The summed E-state index contributed by atoms with van der Waals surface area (Å²) >= 11 is 0. The van der Waals surface area contributed by atoms with Gasteiger partial charge in [0.25, 0.3) is 0 Å². The average Bonchev–Trinajstić information content (AvgIpc) is 3.68. The van der Waals surface area contributed by atoms with Gasteiger partial charge in [-0.05, 0) is 108 Å². The van der Waals surface area contributed by atoms with Crippen LogP contribution in [0.5, 0.6) is 0 Å². The zero-order valence-electron chi connectivity index (χ0n) is 33.6. The van der Waals surface area contributed by atoms with Crippen LogP contribution in [0.1, 0.15) is 56.4 Å². The number of nitrogens with zero attached hydrogens (tertiary/aromatic N) is 1. The van der Waals surface area contributed by atoms with E-state index in [9.17, 15) is 0 Å². The molecule has 1 atom stereocenters. The minimum atomic E-state index is 0.151. The molecule has 2 aliphatic carbocycles. The lowest BCUT2D eigenvalue weighted by Gasteiger charge is -2.21. The molecule has 1 heterocycles. The number of aromatic nitrogens is 1. The summed E-state index contributed by atoms with van der Waals surface area (Å²) in [7, 11) is 0. The molecule has 0 radical (unpaired) electrons. The molecule has 0 N–H and O–H groups in total. The van der Waals surface area contributed by atoms with Gasteiger partial charge in [-0.3, -0.25) is 0 Å². The zero-order valence-corrected chi connectivity index (χ0v) is 33.6. The van der Waals surface area contributed by atoms with Crippen LogP contribution in [0, 0.1) is 19.8 Å². The van der Waals surface area contributed by atoms with Crippen LogP contribution in [0.4, 0.5) is 0 Å². The first-order valence-corrected chi connectivity index (χ1v) is 20.0. The lowest BCUT2D eigenvalue weighted by molar-refractivity contribution is 0.660. The Morgan fingerprint density at radius 1 is 0.500 bits per heavy atom. The first-order valence-electron chi connectivity index (χ1n) is 20.0. The van der Waals surface area contributed by atoms with Crippen LogP contribution in [0.2, 0.25) is 0 Å². The van der Waals surface area contributed by atoms with Gasteiger partial charge in [-0.15, -0.1) is 0 Å². The second-order valence-electron chi connectivity index (χ2n) is 16.1. The molecule has 7 aromatic carbocycles. The average molecular weight is 726 g/mol. The minimum absolute atomic E-state index is 0.151. The van der Waals surface area contributed by atoms with Gasteiger partial charge in [0, 0.05) is 21.9 Å². The van der Waals surface area contributed by atoms with Crippen molar-refractivity contribution in [3.8, 4) is 39.1 Å². The molecule has 10 rings (SSSR count). The van der Waals surface area contributed by atoms with E-state index >= 15 is 0 Å². The van der Waals surface area contributed by atoms with E-state index in [0.717, 1.165) is 5.92 Å². The number of aryl methyl sites for hydroxylation is 2. The van der Waals surface area contributed by atoms with Crippen molar-refractivity contribution in [1.29, 1.82) is 0 Å². The van der Waals surface area contributed by atoms with E-state index in [4.69, 9.17) is 0 Å². The fourth-order valence-electron chi connectivity index (χ4n) is 8.26. The van der Waals surface area contributed by atoms with E-state index in [1.807, 2.05) is 0 Å². The predicted molar refractivity (Wildman–Crippen MR) is 242 cm³/mol. The molecule has 0 bridgehead atoms. The highest BCUT2D eigenvalue weighted by atomic mass is 15.0. The highest BCUT2D eigenvalue weighted by Crippen LogP contribution is 2.48. The maximum atomic E-state index is 2.37. The monoisotopic (exact) mass is 725 g/mol. The van der Waals surface area contributed by atoms with E-state index in [1.165, 1.54) is 95.1 Å². The molecular formula is C55H51N. The van der Waals surface area contributed by atoms with Crippen LogP contribution in [-0.2, 0) is 5.41 Å². The Morgan fingerprint density at radius 2 is 1.09 bits per heavy atom. The summed E-state index contributed by atoms with van der Waals surface area (Å²) in [4.78, 5) is 0. The second kappa shape index (κ2) is 15.5. The lowest BCUT2D eigenvalue weighted by atomic mass is 9.82. The normalized spacial score (nSPS) is 14.9. The molecule has 1 aromatic heterocycles. The Kier molecular flexibility index (Phi) is 10.2. The summed E-state index contributed by atoms with van der Waals surface area (Å²) in [6, 6.07) is 59.3. The maximum absolute atomic E-state index is 2.37. The molecule has 0 amide bonds. The van der Waals surface area contributed by atoms with Crippen molar-refractivity contribution in [3.63, 3.8) is 0 Å². The largest absolute Gasteiger partial charge is 0.309 e. The van der Waals surface area contributed by atoms with Crippen molar-refractivity contribution in [1.82, 2.24) is 4.57 Å². The summed E-state index contributed by atoms with van der Waals surface area (Å²) in [6.45, 7) is 13.3. The molecule has 8 aromatic rings. The number of benzene rings is 7. The van der Waals surface area contributed by atoms with E-state index < -0.39 is 0 Å². The van der Waals surface area contributed by atoms with Crippen molar-refractivity contribution in [2.75, 3.05) is 0 Å². The minimum Gasteiger partial charge on any atom is -0.309 e. The van der Waals surface area contributed by atoms with Crippen LogP contribution in [0.15, 0.2) is 188 Å². The molecule has 56 heavy (non-hydrogen) atoms. The Hall–Kier alpha value is -6.18. The van der Waals surface area contributed by atoms with Gasteiger partial charge < -0.3 is 4.57 Å². The second-order valence-corrected chi connectivity index (χ2v) is 16.1. The van der Waals surface area contributed by atoms with Crippen molar-refractivity contribution in [3.05, 3.63) is 210 Å². The summed E-state index contributed by atoms with van der Waals surface area (Å²) in [5.41, 5.74) is 18.5. The topological polar surface area (TPSA) is 4.93 Å². The van der Waals surface area contributed by atoms with Gasteiger partial charge in [0.2, 0.25) is 0 Å². The van der Waals surface area contributed by atoms with E-state index in [0.29, 0.717) is 0 Å². The number of fused-ring (bicyclic) bond motifs is 6. The quantitative estimate of drug-likeness (QED) is 0.171. The standard InChI is InChI=1S/C31H23N.C16H16.C8H12/c1-22-11-13-25(14-12-22)26-17-20-31-29(21-26)28-9-5-6-10-30(28)32(31)27-18-15-24(16-19-27)23-7-3-2-4-8-23;1-11-8-9-13-12-6-4-5-7-14(12)16(2,3)15(13)10-11;1-7-3-5-8(2)6-4-7/h2-21H,1H3;4-10H,1-3H3;3-5,8H,6H2,1-2H3. The summed E-state index contributed by atoms with van der Waals surface area (Å²) < 4.78 is 2.37. The van der Waals surface area contributed by atoms with Gasteiger partial charge in [0.1, 0.15) is 0 Å². The third kappa shape index (κ3) is 7.30. The molecule has 0 fully saturated rings. The maximum Gasteiger partial charge on any atom is 0.0541 e. The van der Waals surface area contributed by atoms with Gasteiger partial charge in [-0.25, -0.2) is 0 Å². The third-order valence-electron chi connectivity index (χ3n) is 11.5. The highest BCUT2D eigenvalue weighted by Gasteiger charge is 2.34. The fourth-order valence-corrected chi connectivity index (χ4v) is 8.26. The first kappa shape index (κ1) is 36.8. The molecular weight excluding hydrogens is 675 g/mol. The Bertz CT molecular complexity index is 2700. The van der Waals surface area contributed by atoms with Crippen LogP contribution in [-0.4, -0.2) is 4.57 Å². The lowest BCUT2D eigenvalue weighted by Crippen LogP contribution is -2.14. The molecule has 276 valence electrons. The number of allylic oxidation sites excluding steroid dienone is 4. The van der Waals surface area contributed by atoms with Crippen molar-refractivity contribution < 1.29 is 0 Å². The van der Waals surface area contributed by atoms with Gasteiger partial charge in [-0.2, -0.15) is 0 Å². The summed E-state index contributed by atoms with van der Waals surface area (Å²) in [5, 5.41) is 2.56. The molecule has 0 saturated carbocycles. The van der Waals surface area contributed by atoms with Crippen molar-refractivity contribution in [2.45, 2.75) is 53.4 Å². The molecule has 1 heteroatoms. The van der Waals surface area contributed by atoms with Crippen molar-refractivity contribution in [2.24, 2.45) is 5.92 Å². The number of hydrogen-bond donors (Lipinski definition) is 0. The fraction of sp³-hybridized carbons (Fsp3) is 0.164. The summed E-state index contributed by atoms with van der Waals surface area (Å²) in [5.74, 6) is 0.763. The number of rotatable bonds is 3. The van der Waals surface area contributed by atoms with Gasteiger partial charge in [0.05, 0.1) is 11.0 Å². The van der Waals surface area contributed by atoms with E-state index in [1.54, 1.807) is 0 Å². The number of para-hydroxylation sites is 1. The third-order valence-corrected chi connectivity index (χ3v) is 11.5. The molecule has 2 aliphatic rings. The van der Waals surface area contributed by atoms with Gasteiger partial charge >= 0.3 is 0 Å². The Balaban J connectivity index is 0.000000151. The molecule has 0 spiro atoms. The van der Waals surface area contributed by atoms with Crippen LogP contribution >= 0.6 is 0 Å². The molecule has 1 nitrogen and oxygen atoms in total. The molecule has 0 saturated heterocycles. The van der Waals surface area contributed by atoms with Crippen LogP contribution < -0.4 is 0 Å². The van der Waals surface area contributed by atoms with E-state index in [2.05, 4.69) is 228 Å². The molecule has 1 unspecified atom stereocenters. The smallest absolute Gasteiger partial charge is 0.0541 e. The van der Waals surface area contributed by atoms with Gasteiger partial charge in [-0.1, -0.05) is 189 Å². The zero-order chi connectivity index (χ0) is 38.8. The summed E-state index contributed by atoms with van der Waals surface area (Å²) in [6.07, 6.45) is 7.95. The van der Waals surface area contributed by atoms with Crippen LogP contribution in [0.3, 0.4) is 0 Å².